The largest absolute Gasteiger partial charge is 0.369 e. The molecule has 1 fully saturated rings. The zero-order valence-electron chi connectivity index (χ0n) is 16.5. The van der Waals surface area contributed by atoms with E-state index in [1.54, 1.807) is 0 Å². The Kier molecular flexibility index (Phi) is 10.0. The predicted molar refractivity (Wildman–Crippen MR) is 99.4 cm³/mol. The van der Waals surface area contributed by atoms with Crippen LogP contribution in [0.2, 0.25) is 0 Å². The second kappa shape index (κ2) is 11.4. The normalized spacial score (nSPS) is 17.8. The van der Waals surface area contributed by atoms with Gasteiger partial charge < -0.3 is 20.3 Å². The average molecular weight is 357 g/mol. The van der Waals surface area contributed by atoms with Gasteiger partial charge in [0.1, 0.15) is 6.61 Å². The Hall–Kier alpha value is -1.18. The molecule has 0 aromatic rings. The minimum atomic E-state index is -0.0920. The van der Waals surface area contributed by atoms with Crippen LogP contribution in [-0.4, -0.2) is 86.7 Å². The van der Waals surface area contributed by atoms with Gasteiger partial charge >= 0.3 is 0 Å². The van der Waals surface area contributed by atoms with Gasteiger partial charge in [-0.2, -0.15) is 0 Å². The summed E-state index contributed by atoms with van der Waals surface area (Å²) in [5.74, 6) is 0.632. The maximum absolute atomic E-state index is 12.2. The lowest BCUT2D eigenvalue weighted by Gasteiger charge is -2.40. The van der Waals surface area contributed by atoms with Gasteiger partial charge in [-0.1, -0.05) is 13.8 Å². The number of ether oxygens (including phenoxy) is 1. The number of carbonyl (C=O) groups excluding carboxylic acids is 2. The van der Waals surface area contributed by atoms with Crippen molar-refractivity contribution in [3.8, 4) is 0 Å². The molecule has 1 rings (SSSR count). The molecule has 1 unspecified atom stereocenters. The highest BCUT2D eigenvalue weighted by Gasteiger charge is 2.33. The van der Waals surface area contributed by atoms with E-state index in [1.807, 2.05) is 20.9 Å². The van der Waals surface area contributed by atoms with Crippen molar-refractivity contribution < 1.29 is 14.3 Å². The Morgan fingerprint density at radius 3 is 2.32 bits per heavy atom. The Balaban J connectivity index is 2.07. The number of nitrogens with zero attached hydrogens (tertiary/aromatic N) is 2. The van der Waals surface area contributed by atoms with Gasteiger partial charge in [-0.25, -0.2) is 0 Å². The van der Waals surface area contributed by atoms with Gasteiger partial charge in [0.15, 0.2) is 0 Å². The summed E-state index contributed by atoms with van der Waals surface area (Å²) >= 11 is 0. The first-order chi connectivity index (χ1) is 11.8. The SMILES string of the molecule is CC(C)CN1CCC1C(=O)NCCN(C)CCNC(=O)COC(C)C. The van der Waals surface area contributed by atoms with Crippen molar-refractivity contribution in [2.45, 2.75) is 46.3 Å². The molecule has 146 valence electrons. The van der Waals surface area contributed by atoms with E-state index in [4.69, 9.17) is 4.74 Å². The van der Waals surface area contributed by atoms with Gasteiger partial charge in [-0.15, -0.1) is 0 Å². The van der Waals surface area contributed by atoms with Crippen LogP contribution < -0.4 is 10.6 Å². The number of nitrogens with one attached hydrogen (secondary N) is 2. The zero-order chi connectivity index (χ0) is 18.8. The number of rotatable bonds is 12. The minimum Gasteiger partial charge on any atom is -0.369 e. The summed E-state index contributed by atoms with van der Waals surface area (Å²) in [6.07, 6.45) is 1.02. The third-order valence-electron chi connectivity index (χ3n) is 4.19. The van der Waals surface area contributed by atoms with E-state index in [0.717, 1.165) is 32.6 Å². The van der Waals surface area contributed by atoms with Crippen molar-refractivity contribution in [1.82, 2.24) is 20.4 Å². The molecule has 1 saturated heterocycles. The molecule has 7 nitrogen and oxygen atoms in total. The Labute approximate surface area is 152 Å². The maximum atomic E-state index is 12.2. The molecule has 1 aliphatic rings. The molecule has 0 saturated carbocycles. The Morgan fingerprint density at radius 1 is 1.16 bits per heavy atom. The highest BCUT2D eigenvalue weighted by Crippen LogP contribution is 2.18. The molecule has 0 radical (unpaired) electrons. The van der Waals surface area contributed by atoms with E-state index in [1.165, 1.54) is 0 Å². The zero-order valence-corrected chi connectivity index (χ0v) is 16.5. The lowest BCUT2D eigenvalue weighted by molar-refractivity contribution is -0.131. The van der Waals surface area contributed by atoms with Crippen LogP contribution in [0.4, 0.5) is 0 Å². The summed E-state index contributed by atoms with van der Waals surface area (Å²) in [5.41, 5.74) is 0. The number of amides is 2. The molecule has 0 bridgehead atoms. The third kappa shape index (κ3) is 9.18. The summed E-state index contributed by atoms with van der Waals surface area (Å²) in [5, 5.41) is 5.85. The fourth-order valence-corrected chi connectivity index (χ4v) is 2.70. The molecule has 25 heavy (non-hydrogen) atoms. The number of hydrogen-bond acceptors (Lipinski definition) is 5. The summed E-state index contributed by atoms with van der Waals surface area (Å²) in [7, 11) is 1.98. The maximum Gasteiger partial charge on any atom is 0.246 e. The van der Waals surface area contributed by atoms with Gasteiger partial charge in [-0.3, -0.25) is 14.5 Å². The number of likely N-dealkylation sites (tertiary alicyclic amines) is 1. The molecule has 1 aliphatic heterocycles. The number of carbonyl (C=O) groups is 2. The van der Waals surface area contributed by atoms with E-state index in [9.17, 15) is 9.59 Å². The summed E-state index contributed by atoms with van der Waals surface area (Å²) in [4.78, 5) is 28.1. The van der Waals surface area contributed by atoms with Crippen LogP contribution in [0.25, 0.3) is 0 Å². The first kappa shape index (κ1) is 21.9. The lowest BCUT2D eigenvalue weighted by Crippen LogP contribution is -2.57. The van der Waals surface area contributed by atoms with E-state index in [2.05, 4.69) is 34.3 Å². The van der Waals surface area contributed by atoms with Gasteiger partial charge in [0.2, 0.25) is 11.8 Å². The van der Waals surface area contributed by atoms with Gasteiger partial charge in [0.05, 0.1) is 12.1 Å². The molecule has 7 heteroatoms. The first-order valence-electron chi connectivity index (χ1n) is 9.38. The minimum absolute atomic E-state index is 0.0490. The van der Waals surface area contributed by atoms with Crippen LogP contribution in [0.1, 0.15) is 34.1 Å². The van der Waals surface area contributed by atoms with Crippen molar-refractivity contribution in [2.75, 3.05) is 52.9 Å². The van der Waals surface area contributed by atoms with E-state index >= 15 is 0 Å². The first-order valence-corrected chi connectivity index (χ1v) is 9.38. The monoisotopic (exact) mass is 356 g/mol. The standard InChI is InChI=1S/C18H36N4O3/c1-14(2)12-22-9-6-16(22)18(24)20-8-11-21(5)10-7-19-17(23)13-25-15(3)4/h14-16H,6-13H2,1-5H3,(H,19,23)(H,20,24). The van der Waals surface area contributed by atoms with E-state index in [0.29, 0.717) is 19.0 Å². The molecule has 0 aliphatic carbocycles. The van der Waals surface area contributed by atoms with Crippen LogP contribution in [0, 0.1) is 5.92 Å². The fraction of sp³-hybridized carbons (Fsp3) is 0.889. The van der Waals surface area contributed by atoms with Gasteiger partial charge in [0.25, 0.3) is 0 Å². The summed E-state index contributed by atoms with van der Waals surface area (Å²) < 4.78 is 5.25. The topological polar surface area (TPSA) is 73.9 Å². The molecule has 1 heterocycles. The number of likely N-dealkylation sites (N-methyl/N-ethyl adjacent to an activating group) is 1. The molecule has 2 N–H and O–H groups in total. The van der Waals surface area contributed by atoms with Crippen molar-refractivity contribution in [3.05, 3.63) is 0 Å². The Morgan fingerprint density at radius 2 is 1.80 bits per heavy atom. The molecule has 0 spiro atoms. The fourth-order valence-electron chi connectivity index (χ4n) is 2.70. The highest BCUT2D eigenvalue weighted by atomic mass is 16.5. The molecule has 0 aromatic heterocycles. The molecular formula is C18H36N4O3. The van der Waals surface area contributed by atoms with Crippen molar-refractivity contribution in [1.29, 1.82) is 0 Å². The average Bonchev–Trinajstić information content (AvgIpc) is 2.49. The smallest absolute Gasteiger partial charge is 0.246 e. The van der Waals surface area contributed by atoms with Gasteiger partial charge in [0, 0.05) is 39.3 Å². The summed E-state index contributed by atoms with van der Waals surface area (Å²) in [6, 6.07) is 0.0490. The molecule has 2 amide bonds. The summed E-state index contributed by atoms with van der Waals surface area (Å²) in [6.45, 7) is 13.0. The predicted octanol–water partition coefficient (Wildman–Crippen LogP) is 0.306. The van der Waals surface area contributed by atoms with Crippen molar-refractivity contribution in [2.24, 2.45) is 5.92 Å². The molecule has 1 atom stereocenters. The van der Waals surface area contributed by atoms with E-state index < -0.39 is 0 Å². The van der Waals surface area contributed by atoms with Gasteiger partial charge in [-0.05, 0) is 33.2 Å². The molecular weight excluding hydrogens is 320 g/mol. The second-order valence-corrected chi connectivity index (χ2v) is 7.50. The molecule has 0 aromatic carbocycles. The van der Waals surface area contributed by atoms with Crippen LogP contribution in [0.3, 0.4) is 0 Å². The second-order valence-electron chi connectivity index (χ2n) is 7.50. The van der Waals surface area contributed by atoms with Crippen LogP contribution in [0.15, 0.2) is 0 Å². The van der Waals surface area contributed by atoms with Crippen LogP contribution in [0.5, 0.6) is 0 Å². The van der Waals surface area contributed by atoms with Crippen LogP contribution in [-0.2, 0) is 14.3 Å². The van der Waals surface area contributed by atoms with Crippen molar-refractivity contribution in [3.63, 3.8) is 0 Å². The Bertz CT molecular complexity index is 415. The lowest BCUT2D eigenvalue weighted by atomic mass is 10.00. The van der Waals surface area contributed by atoms with E-state index in [-0.39, 0.29) is 30.6 Å². The number of hydrogen-bond donors (Lipinski definition) is 2. The quantitative estimate of drug-likeness (QED) is 0.526. The van der Waals surface area contributed by atoms with Crippen molar-refractivity contribution >= 4 is 11.8 Å². The third-order valence-corrected chi connectivity index (χ3v) is 4.19. The highest BCUT2D eigenvalue weighted by molar-refractivity contribution is 5.82. The van der Waals surface area contributed by atoms with Crippen LogP contribution >= 0.6 is 0 Å².